The molecule has 0 spiro atoms. The van der Waals surface area contributed by atoms with E-state index in [0.29, 0.717) is 23.8 Å². The number of sulfonamides is 1. The molecule has 11 heteroatoms. The minimum absolute atomic E-state index is 0.0514. The Hall–Kier alpha value is -3.05. The molecule has 1 aliphatic rings. The van der Waals surface area contributed by atoms with E-state index in [-0.39, 0.29) is 28.7 Å². The predicted molar refractivity (Wildman–Crippen MR) is 137 cm³/mol. The van der Waals surface area contributed by atoms with Crippen LogP contribution >= 0.6 is 11.6 Å². The van der Waals surface area contributed by atoms with Crippen molar-refractivity contribution >= 4 is 33.2 Å². The number of benzene rings is 2. The fourth-order valence-electron chi connectivity index (χ4n) is 4.40. The number of quaternary nitrogens is 1. The van der Waals surface area contributed by atoms with Crippen LogP contribution < -0.4 is 15.2 Å². The number of likely N-dealkylation sites (tertiary alicyclic amines) is 1. The van der Waals surface area contributed by atoms with Crippen molar-refractivity contribution < 1.29 is 23.1 Å². The quantitative estimate of drug-likeness (QED) is 0.449. The normalized spacial score (nSPS) is 16.5. The number of halogens is 1. The summed E-state index contributed by atoms with van der Waals surface area (Å²) in [6.45, 7) is 5.49. The number of amides is 1. The molecular formula is C25H29ClN5O4S+. The average Bonchev–Trinajstić information content (AvgIpc) is 2.78. The van der Waals surface area contributed by atoms with Crippen LogP contribution in [-0.4, -0.2) is 54.9 Å². The maximum atomic E-state index is 12.6. The van der Waals surface area contributed by atoms with Crippen LogP contribution in [-0.2, 0) is 14.8 Å². The van der Waals surface area contributed by atoms with Gasteiger partial charge in [0.2, 0.25) is 17.1 Å². The monoisotopic (exact) mass is 530 g/mol. The molecule has 3 aromatic rings. The number of nitrogens with one attached hydrogen (secondary N) is 1. The first-order valence-corrected chi connectivity index (χ1v) is 13.6. The number of hydrogen-bond donors (Lipinski definition) is 2. The summed E-state index contributed by atoms with van der Waals surface area (Å²) in [5, 5.41) is 6.03. The fraction of sp³-hybridized carbons (Fsp3) is 0.320. The van der Waals surface area contributed by atoms with E-state index in [9.17, 15) is 13.2 Å². The third kappa shape index (κ3) is 6.58. The zero-order valence-corrected chi connectivity index (χ0v) is 21.8. The van der Waals surface area contributed by atoms with Crippen LogP contribution in [0.2, 0.25) is 5.28 Å². The van der Waals surface area contributed by atoms with Gasteiger partial charge in [-0.25, -0.2) is 10.1 Å². The number of ether oxygens (including phenoxy) is 1. The Morgan fingerprint density at radius 3 is 2.61 bits per heavy atom. The lowest BCUT2D eigenvalue weighted by atomic mass is 10.00. The van der Waals surface area contributed by atoms with Crippen LogP contribution in [0.1, 0.15) is 24.0 Å². The van der Waals surface area contributed by atoms with Crippen LogP contribution in [0.25, 0.3) is 11.3 Å². The smallest absolute Gasteiger partial charge is 0.322 e. The zero-order chi connectivity index (χ0) is 25.9. The molecule has 0 radical (unpaired) electrons. The topological polar surface area (TPSA) is 129 Å². The number of rotatable bonds is 7. The summed E-state index contributed by atoms with van der Waals surface area (Å²) in [7, 11) is -3.60. The highest BCUT2D eigenvalue weighted by atomic mass is 35.5. The SMILES string of the molecule is Cc1cccc(C)c1-c1cc(OC2CCCN(CC(=O)Nc3cccc(S([NH3+])(=O)=O)c3)C2)nc(Cl)n1. The summed E-state index contributed by atoms with van der Waals surface area (Å²) in [6, 6.07) is 13.9. The van der Waals surface area contributed by atoms with Gasteiger partial charge in [0, 0.05) is 23.9 Å². The minimum atomic E-state index is -3.60. The van der Waals surface area contributed by atoms with Crippen molar-refractivity contribution in [3.8, 4) is 17.1 Å². The van der Waals surface area contributed by atoms with E-state index >= 15 is 0 Å². The van der Waals surface area contributed by atoms with Crippen molar-refractivity contribution in [1.29, 1.82) is 0 Å². The van der Waals surface area contributed by atoms with Crippen molar-refractivity contribution in [2.24, 2.45) is 0 Å². The molecule has 2 aromatic carbocycles. The molecule has 36 heavy (non-hydrogen) atoms. The van der Waals surface area contributed by atoms with E-state index in [1.165, 1.54) is 12.1 Å². The molecule has 1 aliphatic heterocycles. The Balaban J connectivity index is 1.40. The Morgan fingerprint density at radius 2 is 1.89 bits per heavy atom. The second kappa shape index (κ2) is 10.9. The van der Waals surface area contributed by atoms with Crippen molar-refractivity contribution in [2.45, 2.75) is 37.7 Å². The number of piperidine rings is 1. The molecule has 0 aliphatic carbocycles. The average molecular weight is 531 g/mol. The summed E-state index contributed by atoms with van der Waals surface area (Å²) in [4.78, 5) is 23.3. The second-order valence-electron chi connectivity index (χ2n) is 8.94. The van der Waals surface area contributed by atoms with Crippen LogP contribution in [0.4, 0.5) is 5.69 Å². The van der Waals surface area contributed by atoms with E-state index in [2.05, 4.69) is 20.4 Å². The summed E-state index contributed by atoms with van der Waals surface area (Å²) < 4.78 is 29.5. The second-order valence-corrected chi connectivity index (χ2v) is 11.0. The van der Waals surface area contributed by atoms with Gasteiger partial charge < -0.3 is 10.1 Å². The van der Waals surface area contributed by atoms with Gasteiger partial charge in [0.25, 0.3) is 0 Å². The molecule has 2 heterocycles. The molecule has 1 atom stereocenters. The van der Waals surface area contributed by atoms with Crippen LogP contribution in [0.5, 0.6) is 5.88 Å². The molecule has 190 valence electrons. The molecule has 4 rings (SSSR count). The van der Waals surface area contributed by atoms with Crippen molar-refractivity contribution in [2.75, 3.05) is 25.0 Å². The Kier molecular flexibility index (Phi) is 7.89. The molecule has 0 bridgehead atoms. The van der Waals surface area contributed by atoms with Crippen LogP contribution in [0, 0.1) is 13.8 Å². The Morgan fingerprint density at radius 1 is 1.17 bits per heavy atom. The van der Waals surface area contributed by atoms with E-state index in [4.69, 9.17) is 16.3 Å². The first-order valence-electron chi connectivity index (χ1n) is 11.6. The Labute approximate surface area is 215 Å². The van der Waals surface area contributed by atoms with Crippen molar-refractivity contribution in [3.63, 3.8) is 0 Å². The molecular weight excluding hydrogens is 502 g/mol. The van der Waals surface area contributed by atoms with Gasteiger partial charge in [-0.05, 0) is 74.2 Å². The molecule has 0 saturated carbocycles. The lowest BCUT2D eigenvalue weighted by molar-refractivity contribution is -0.165. The number of nitrogens with zero attached hydrogens (tertiary/aromatic N) is 3. The fourth-order valence-corrected chi connectivity index (χ4v) is 5.17. The van der Waals surface area contributed by atoms with Gasteiger partial charge in [0.1, 0.15) is 11.0 Å². The lowest BCUT2D eigenvalue weighted by Gasteiger charge is -2.32. The van der Waals surface area contributed by atoms with E-state index in [0.717, 1.165) is 36.1 Å². The van der Waals surface area contributed by atoms with Gasteiger partial charge in [-0.1, -0.05) is 24.3 Å². The molecule has 1 saturated heterocycles. The molecule has 1 aromatic heterocycles. The molecule has 4 N–H and O–H groups in total. The van der Waals surface area contributed by atoms with Crippen LogP contribution in [0.3, 0.4) is 0 Å². The maximum absolute atomic E-state index is 12.6. The number of anilines is 1. The summed E-state index contributed by atoms with van der Waals surface area (Å²) in [5.41, 5.74) is 4.29. The van der Waals surface area contributed by atoms with Crippen molar-refractivity contribution in [1.82, 2.24) is 14.9 Å². The highest BCUT2D eigenvalue weighted by molar-refractivity contribution is 7.84. The van der Waals surface area contributed by atoms with Gasteiger partial charge in [-0.2, -0.15) is 13.4 Å². The number of carbonyl (C=O) groups is 1. The lowest BCUT2D eigenvalue weighted by Crippen LogP contribution is -2.56. The standard InChI is InChI=1S/C25H28ClN5O4S/c1-16-6-3-7-17(2)24(16)21-13-23(30-25(26)29-21)35-19-9-5-11-31(14-19)15-22(32)28-18-8-4-10-20(12-18)36(27,33)34/h3-4,6-8,10,12-13,19H,5,9,11,14-15H2,1-2H3,(H,28,32)(H2,27,33,34)/p+1. The van der Waals surface area contributed by atoms with E-state index in [1.807, 2.05) is 36.9 Å². The van der Waals surface area contributed by atoms with Gasteiger partial charge >= 0.3 is 10.0 Å². The molecule has 9 nitrogen and oxygen atoms in total. The van der Waals surface area contributed by atoms with Gasteiger partial charge in [0.05, 0.1) is 12.2 Å². The summed E-state index contributed by atoms with van der Waals surface area (Å²) >= 11 is 6.23. The van der Waals surface area contributed by atoms with Gasteiger partial charge in [0.15, 0.2) is 0 Å². The highest BCUT2D eigenvalue weighted by Crippen LogP contribution is 2.29. The van der Waals surface area contributed by atoms with Crippen molar-refractivity contribution in [3.05, 3.63) is 64.9 Å². The van der Waals surface area contributed by atoms with Crippen LogP contribution in [0.15, 0.2) is 53.4 Å². The summed E-state index contributed by atoms with van der Waals surface area (Å²) in [6.07, 6.45) is 1.51. The molecule has 1 amide bonds. The Bertz CT molecular complexity index is 1360. The zero-order valence-electron chi connectivity index (χ0n) is 20.2. The maximum Gasteiger partial charge on any atom is 0.322 e. The minimum Gasteiger partial charge on any atom is -0.473 e. The van der Waals surface area contributed by atoms with Gasteiger partial charge in [-0.3, -0.25) is 9.69 Å². The van der Waals surface area contributed by atoms with Gasteiger partial charge in [-0.15, -0.1) is 0 Å². The first-order chi connectivity index (χ1) is 17.1. The van der Waals surface area contributed by atoms with E-state index in [1.54, 1.807) is 18.2 Å². The third-order valence-corrected chi connectivity index (χ3v) is 7.15. The number of hydrogen-bond acceptors (Lipinski definition) is 7. The number of carbonyl (C=O) groups excluding carboxylic acids is 1. The number of aryl methyl sites for hydroxylation is 2. The highest BCUT2D eigenvalue weighted by Gasteiger charge is 2.24. The third-order valence-electron chi connectivity index (χ3n) is 6.01. The largest absolute Gasteiger partial charge is 0.473 e. The summed E-state index contributed by atoms with van der Waals surface area (Å²) in [5.74, 6) is 0.159. The number of aromatic nitrogens is 2. The molecule has 1 fully saturated rings. The molecule has 1 unspecified atom stereocenters. The first kappa shape index (κ1) is 26.0. The predicted octanol–water partition coefficient (Wildman–Crippen LogP) is 2.83. The van der Waals surface area contributed by atoms with E-state index < -0.39 is 10.0 Å².